The van der Waals surface area contributed by atoms with E-state index in [4.69, 9.17) is 12.2 Å². The van der Waals surface area contributed by atoms with Crippen LogP contribution in [0.5, 0.6) is 0 Å². The van der Waals surface area contributed by atoms with Gasteiger partial charge < -0.3 is 0 Å². The van der Waals surface area contributed by atoms with Gasteiger partial charge in [0, 0.05) is 6.07 Å². The van der Waals surface area contributed by atoms with E-state index < -0.39 is 12.2 Å². The van der Waals surface area contributed by atoms with Crippen molar-refractivity contribution in [2.45, 2.75) is 6.43 Å². The van der Waals surface area contributed by atoms with Gasteiger partial charge in [0.1, 0.15) is 16.2 Å². The van der Waals surface area contributed by atoms with E-state index in [0.29, 0.717) is 0 Å². The largest absolute Gasteiger partial charge is 0.291 e. The van der Waals surface area contributed by atoms with Crippen molar-refractivity contribution < 1.29 is 13.2 Å². The number of hydrogen-bond donors (Lipinski definition) is 1. The topological polar surface area (TPSA) is 20.7 Å². The van der Waals surface area contributed by atoms with Gasteiger partial charge >= 0.3 is 0 Å². The van der Waals surface area contributed by atoms with E-state index in [2.05, 4.69) is 5.10 Å². The zero-order valence-corrected chi connectivity index (χ0v) is 8.77. The minimum absolute atomic E-state index is 0.111. The molecule has 1 heterocycles. The van der Waals surface area contributed by atoms with Crippen LogP contribution in [-0.4, -0.2) is 9.78 Å². The molecule has 1 aromatic carbocycles. The molecule has 0 aliphatic rings. The number of benzene rings is 1. The minimum Gasteiger partial charge on any atom is -0.291 e. The molecule has 1 aromatic heterocycles. The van der Waals surface area contributed by atoms with Gasteiger partial charge in [-0.3, -0.25) is 5.10 Å². The van der Waals surface area contributed by atoms with Crippen LogP contribution in [0.3, 0.4) is 0 Å². The van der Waals surface area contributed by atoms with Crippen molar-refractivity contribution in [3.63, 3.8) is 0 Å². The molecule has 0 aliphatic heterocycles. The van der Waals surface area contributed by atoms with Gasteiger partial charge in [0.25, 0.3) is 6.43 Å². The Morgan fingerprint density at radius 2 is 1.94 bits per heavy atom. The summed E-state index contributed by atoms with van der Waals surface area (Å²) in [6.07, 6.45) is -2.66. The monoisotopic (exact) mass is 244 g/mol. The van der Waals surface area contributed by atoms with E-state index in [1.807, 2.05) is 0 Å². The summed E-state index contributed by atoms with van der Waals surface area (Å²) in [5.41, 5.74) is -0.201. The molecule has 0 fully saturated rings. The van der Waals surface area contributed by atoms with Crippen molar-refractivity contribution in [2.24, 2.45) is 0 Å². The van der Waals surface area contributed by atoms with Gasteiger partial charge in [-0.05, 0) is 12.1 Å². The number of para-hydroxylation sites is 1. The molecule has 0 aliphatic carbocycles. The lowest BCUT2D eigenvalue weighted by molar-refractivity contribution is 0.145. The van der Waals surface area contributed by atoms with Crippen molar-refractivity contribution in [3.8, 4) is 5.69 Å². The highest BCUT2D eigenvalue weighted by Crippen LogP contribution is 2.19. The molecule has 0 saturated heterocycles. The number of hydrogen-bond acceptors (Lipinski definition) is 1. The predicted molar refractivity (Wildman–Crippen MR) is 55.9 cm³/mol. The molecular formula is C10H7F3N2S. The smallest absolute Gasteiger partial charge is 0.279 e. The summed E-state index contributed by atoms with van der Waals surface area (Å²) in [6.45, 7) is 0. The van der Waals surface area contributed by atoms with Gasteiger partial charge in [-0.2, -0.15) is 0 Å². The zero-order chi connectivity index (χ0) is 11.7. The predicted octanol–water partition coefficient (Wildman–Crippen LogP) is 3.61. The van der Waals surface area contributed by atoms with Crippen LogP contribution in [0.4, 0.5) is 13.2 Å². The molecule has 6 heteroatoms. The molecule has 1 N–H and O–H groups in total. The molecule has 2 rings (SSSR count). The second-order valence-electron chi connectivity index (χ2n) is 3.14. The summed E-state index contributed by atoms with van der Waals surface area (Å²) in [6, 6.07) is 6.92. The van der Waals surface area contributed by atoms with Gasteiger partial charge in [0.05, 0.1) is 5.69 Å². The maximum absolute atomic E-state index is 13.4. The Hall–Kier alpha value is -1.56. The van der Waals surface area contributed by atoms with Crippen molar-refractivity contribution >= 4 is 12.2 Å². The van der Waals surface area contributed by atoms with Crippen LogP contribution in [0.25, 0.3) is 5.69 Å². The van der Waals surface area contributed by atoms with E-state index in [0.717, 1.165) is 10.7 Å². The lowest BCUT2D eigenvalue weighted by Gasteiger charge is -2.03. The average molecular weight is 244 g/mol. The number of rotatable bonds is 2. The summed E-state index contributed by atoms with van der Waals surface area (Å²) < 4.78 is 39.4. The normalized spacial score (nSPS) is 11.0. The van der Waals surface area contributed by atoms with E-state index in [-0.39, 0.29) is 16.0 Å². The molecule has 2 nitrogen and oxygen atoms in total. The first-order valence-corrected chi connectivity index (χ1v) is 4.85. The summed E-state index contributed by atoms with van der Waals surface area (Å²) in [5, 5.41) is 2.36. The lowest BCUT2D eigenvalue weighted by atomic mass is 10.3. The van der Waals surface area contributed by atoms with Crippen LogP contribution >= 0.6 is 12.2 Å². The number of H-pyrrole nitrogens is 1. The molecule has 0 saturated carbocycles. The first kappa shape index (κ1) is 10.9. The fourth-order valence-corrected chi connectivity index (χ4v) is 1.61. The average Bonchev–Trinajstić information content (AvgIpc) is 2.61. The first-order chi connectivity index (χ1) is 7.59. The standard InChI is InChI=1S/C10H7F3N2S/c11-6-3-1-2-4-8(6)15-9(16)5-7(14-15)10(12)13/h1-5,10,14H. The van der Waals surface area contributed by atoms with Gasteiger partial charge in [0.2, 0.25) is 0 Å². The number of aromatic amines is 1. The second-order valence-corrected chi connectivity index (χ2v) is 3.56. The maximum Gasteiger partial charge on any atom is 0.279 e. The Labute approximate surface area is 94.3 Å². The Morgan fingerprint density at radius 1 is 1.25 bits per heavy atom. The molecule has 16 heavy (non-hydrogen) atoms. The highest BCUT2D eigenvalue weighted by atomic mass is 32.1. The lowest BCUT2D eigenvalue weighted by Crippen LogP contribution is -2.00. The molecule has 0 spiro atoms. The number of halogens is 3. The second kappa shape index (κ2) is 4.13. The summed E-state index contributed by atoms with van der Waals surface area (Å²) in [5.74, 6) is -0.527. The van der Waals surface area contributed by atoms with E-state index in [9.17, 15) is 13.2 Å². The van der Waals surface area contributed by atoms with E-state index in [1.165, 1.54) is 18.2 Å². The van der Waals surface area contributed by atoms with Crippen LogP contribution in [0.15, 0.2) is 30.3 Å². The molecule has 0 unspecified atom stereocenters. The Balaban J connectivity index is 2.57. The molecule has 2 aromatic rings. The van der Waals surface area contributed by atoms with Crippen LogP contribution in [-0.2, 0) is 0 Å². The fourth-order valence-electron chi connectivity index (χ4n) is 1.34. The molecular weight excluding hydrogens is 237 g/mol. The van der Waals surface area contributed by atoms with Gasteiger partial charge in [-0.1, -0.05) is 24.4 Å². The molecule has 0 radical (unpaired) electrons. The zero-order valence-electron chi connectivity index (χ0n) is 7.95. The highest BCUT2D eigenvalue weighted by Gasteiger charge is 2.12. The molecule has 0 atom stereocenters. The summed E-state index contributed by atoms with van der Waals surface area (Å²) in [4.78, 5) is 0. The maximum atomic E-state index is 13.4. The minimum atomic E-state index is -2.66. The summed E-state index contributed by atoms with van der Waals surface area (Å²) >= 11 is 4.87. The molecule has 84 valence electrons. The van der Waals surface area contributed by atoms with Crippen LogP contribution in [0.2, 0.25) is 0 Å². The Bertz CT molecular complexity index is 559. The van der Waals surface area contributed by atoms with Crippen LogP contribution in [0, 0.1) is 10.5 Å². The SMILES string of the molecule is Fc1ccccc1-n1[nH]c(C(F)F)cc1=S. The third-order valence-corrected chi connectivity index (χ3v) is 2.37. The van der Waals surface area contributed by atoms with Gasteiger partial charge in [-0.25, -0.2) is 17.9 Å². The van der Waals surface area contributed by atoms with Crippen molar-refractivity contribution in [2.75, 3.05) is 0 Å². The Morgan fingerprint density at radius 3 is 2.50 bits per heavy atom. The molecule has 0 amide bonds. The van der Waals surface area contributed by atoms with E-state index in [1.54, 1.807) is 6.07 Å². The van der Waals surface area contributed by atoms with E-state index >= 15 is 0 Å². The van der Waals surface area contributed by atoms with Gasteiger partial charge in [-0.15, -0.1) is 0 Å². The van der Waals surface area contributed by atoms with Crippen LogP contribution < -0.4 is 0 Å². The third-order valence-electron chi connectivity index (χ3n) is 2.07. The third kappa shape index (κ3) is 1.88. The summed E-state index contributed by atoms with van der Waals surface area (Å²) in [7, 11) is 0. The quantitative estimate of drug-likeness (QED) is 0.800. The number of nitrogens with one attached hydrogen (secondary N) is 1. The fraction of sp³-hybridized carbons (Fsp3) is 0.100. The number of nitrogens with zero attached hydrogens (tertiary/aromatic N) is 1. The van der Waals surface area contributed by atoms with Crippen molar-refractivity contribution in [1.82, 2.24) is 9.78 Å². The van der Waals surface area contributed by atoms with Gasteiger partial charge in [0.15, 0.2) is 0 Å². The van der Waals surface area contributed by atoms with Crippen molar-refractivity contribution in [1.29, 1.82) is 0 Å². The highest BCUT2D eigenvalue weighted by molar-refractivity contribution is 7.71. The first-order valence-electron chi connectivity index (χ1n) is 4.44. The Kier molecular flexibility index (Phi) is 2.82. The van der Waals surface area contributed by atoms with Crippen LogP contribution in [0.1, 0.15) is 12.1 Å². The number of aromatic nitrogens is 2. The molecule has 0 bridgehead atoms. The van der Waals surface area contributed by atoms with Crippen molar-refractivity contribution in [3.05, 3.63) is 46.5 Å². The number of alkyl halides is 2.